The first-order chi connectivity index (χ1) is 6.56. The fourth-order valence-corrected chi connectivity index (χ4v) is 0.985. The van der Waals surface area contributed by atoms with Crippen LogP contribution >= 0.6 is 0 Å². The summed E-state index contributed by atoms with van der Waals surface area (Å²) in [6, 6.07) is 0. The van der Waals surface area contributed by atoms with Crippen LogP contribution in [0.5, 0.6) is 0 Å². The number of rotatable bonds is 7. The molecule has 1 amide bonds. The van der Waals surface area contributed by atoms with Gasteiger partial charge in [0.1, 0.15) is 0 Å². The van der Waals surface area contributed by atoms with Crippen molar-refractivity contribution < 1.29 is 14.7 Å². The molecular weight excluding hydrogens is 184 g/mol. The first kappa shape index (κ1) is 12.9. The van der Waals surface area contributed by atoms with Crippen molar-refractivity contribution in [1.82, 2.24) is 10.6 Å². The highest BCUT2D eigenvalue weighted by molar-refractivity contribution is 5.76. The van der Waals surface area contributed by atoms with E-state index in [4.69, 9.17) is 5.11 Å². The quantitative estimate of drug-likeness (QED) is 0.535. The van der Waals surface area contributed by atoms with E-state index in [2.05, 4.69) is 10.6 Å². The van der Waals surface area contributed by atoms with Crippen LogP contribution in [-0.2, 0) is 9.59 Å². The average Bonchev–Trinajstić information content (AvgIpc) is 2.10. The summed E-state index contributed by atoms with van der Waals surface area (Å²) in [5.74, 6) is -0.899. The Morgan fingerprint density at radius 1 is 1.43 bits per heavy atom. The number of hydrogen-bond donors (Lipinski definition) is 3. The van der Waals surface area contributed by atoms with Crippen molar-refractivity contribution in [2.24, 2.45) is 5.92 Å². The summed E-state index contributed by atoms with van der Waals surface area (Å²) in [7, 11) is 1.78. The second kappa shape index (κ2) is 7.32. The summed E-state index contributed by atoms with van der Waals surface area (Å²) in [6.07, 6.45) is 0.516. The lowest BCUT2D eigenvalue weighted by molar-refractivity contribution is -0.138. The normalized spacial score (nSPS) is 12.1. The van der Waals surface area contributed by atoms with E-state index >= 15 is 0 Å². The van der Waals surface area contributed by atoms with Gasteiger partial charge in [0, 0.05) is 25.9 Å². The Morgan fingerprint density at radius 2 is 2.07 bits per heavy atom. The summed E-state index contributed by atoms with van der Waals surface area (Å²) in [6.45, 7) is 2.86. The van der Waals surface area contributed by atoms with Crippen LogP contribution in [0.25, 0.3) is 0 Å². The van der Waals surface area contributed by atoms with Gasteiger partial charge < -0.3 is 15.7 Å². The van der Waals surface area contributed by atoms with Crippen LogP contribution in [0.15, 0.2) is 0 Å². The lowest BCUT2D eigenvalue weighted by Crippen LogP contribution is -2.31. The van der Waals surface area contributed by atoms with Gasteiger partial charge in [-0.2, -0.15) is 0 Å². The highest BCUT2D eigenvalue weighted by atomic mass is 16.4. The van der Waals surface area contributed by atoms with Crippen LogP contribution in [-0.4, -0.2) is 37.1 Å². The molecule has 0 aromatic carbocycles. The fourth-order valence-electron chi connectivity index (χ4n) is 0.985. The third kappa shape index (κ3) is 7.54. The second-order valence-corrected chi connectivity index (χ2v) is 3.36. The zero-order valence-corrected chi connectivity index (χ0v) is 8.67. The molecule has 0 fully saturated rings. The highest BCUT2D eigenvalue weighted by Gasteiger charge is 2.08. The van der Waals surface area contributed by atoms with Gasteiger partial charge in [-0.1, -0.05) is 6.92 Å². The molecule has 0 aliphatic heterocycles. The van der Waals surface area contributed by atoms with Crippen molar-refractivity contribution in [3.63, 3.8) is 0 Å². The van der Waals surface area contributed by atoms with Crippen molar-refractivity contribution in [2.75, 3.05) is 20.1 Å². The minimum absolute atomic E-state index is 0.0222. The number of carbonyl (C=O) groups is 2. The van der Waals surface area contributed by atoms with Crippen LogP contribution in [0.1, 0.15) is 19.8 Å². The van der Waals surface area contributed by atoms with Crippen LogP contribution < -0.4 is 10.6 Å². The van der Waals surface area contributed by atoms with E-state index in [1.54, 1.807) is 14.0 Å². The Kier molecular flexibility index (Phi) is 6.74. The standard InChI is InChI=1S/C9H18N2O3/c1-7(5-9(13)14)6-11-8(12)3-4-10-2/h7,10H,3-6H2,1-2H3,(H,11,12)(H,13,14). The number of carbonyl (C=O) groups excluding carboxylic acids is 1. The summed E-state index contributed by atoms with van der Waals surface area (Å²) in [4.78, 5) is 21.4. The number of carboxylic acids is 1. The molecule has 3 N–H and O–H groups in total. The smallest absolute Gasteiger partial charge is 0.303 e. The molecule has 0 aliphatic rings. The summed E-state index contributed by atoms with van der Waals surface area (Å²) < 4.78 is 0. The summed E-state index contributed by atoms with van der Waals surface area (Å²) in [5.41, 5.74) is 0. The van der Waals surface area contributed by atoms with Gasteiger partial charge in [0.05, 0.1) is 0 Å². The Bertz CT molecular complexity index is 194. The van der Waals surface area contributed by atoms with Gasteiger partial charge in [-0.25, -0.2) is 0 Å². The SMILES string of the molecule is CNCCC(=O)NCC(C)CC(=O)O. The Balaban J connectivity index is 3.50. The van der Waals surface area contributed by atoms with Crippen LogP contribution in [0.3, 0.4) is 0 Å². The Labute approximate surface area is 83.9 Å². The lowest BCUT2D eigenvalue weighted by Gasteiger charge is -2.09. The molecule has 0 aromatic heterocycles. The first-order valence-corrected chi connectivity index (χ1v) is 4.69. The maximum absolute atomic E-state index is 11.1. The molecule has 0 heterocycles. The van der Waals surface area contributed by atoms with E-state index in [-0.39, 0.29) is 18.2 Å². The highest BCUT2D eigenvalue weighted by Crippen LogP contribution is 1.99. The van der Waals surface area contributed by atoms with E-state index in [0.29, 0.717) is 19.5 Å². The van der Waals surface area contributed by atoms with Gasteiger partial charge >= 0.3 is 5.97 Å². The average molecular weight is 202 g/mol. The number of nitrogens with one attached hydrogen (secondary N) is 2. The van der Waals surface area contributed by atoms with E-state index in [1.807, 2.05) is 0 Å². The van der Waals surface area contributed by atoms with Crippen LogP contribution in [0.4, 0.5) is 0 Å². The molecule has 0 saturated heterocycles. The number of aliphatic carboxylic acids is 1. The van der Waals surface area contributed by atoms with Gasteiger partial charge in [-0.3, -0.25) is 9.59 Å². The molecule has 0 bridgehead atoms. The lowest BCUT2D eigenvalue weighted by atomic mass is 10.1. The predicted molar refractivity (Wildman–Crippen MR) is 53.0 cm³/mol. The topological polar surface area (TPSA) is 78.4 Å². The fraction of sp³-hybridized carbons (Fsp3) is 0.778. The first-order valence-electron chi connectivity index (χ1n) is 4.69. The maximum atomic E-state index is 11.1. The van der Waals surface area contributed by atoms with E-state index in [1.165, 1.54) is 0 Å². The number of carboxylic acid groups (broad SMARTS) is 1. The molecule has 1 unspecified atom stereocenters. The summed E-state index contributed by atoms with van der Waals surface area (Å²) in [5, 5.41) is 14.0. The molecule has 5 heteroatoms. The molecule has 0 aliphatic carbocycles. The van der Waals surface area contributed by atoms with Crippen molar-refractivity contribution >= 4 is 11.9 Å². The summed E-state index contributed by atoms with van der Waals surface area (Å²) >= 11 is 0. The zero-order valence-electron chi connectivity index (χ0n) is 8.67. The minimum atomic E-state index is -0.832. The van der Waals surface area contributed by atoms with E-state index in [9.17, 15) is 9.59 Å². The van der Waals surface area contributed by atoms with Gasteiger partial charge in [-0.05, 0) is 13.0 Å². The third-order valence-corrected chi connectivity index (χ3v) is 1.77. The monoisotopic (exact) mass is 202 g/mol. The third-order valence-electron chi connectivity index (χ3n) is 1.77. The van der Waals surface area contributed by atoms with Crippen LogP contribution in [0.2, 0.25) is 0 Å². The predicted octanol–water partition coefficient (Wildman–Crippen LogP) is -0.177. The minimum Gasteiger partial charge on any atom is -0.481 e. The molecule has 0 radical (unpaired) electrons. The molecule has 0 spiro atoms. The zero-order chi connectivity index (χ0) is 11.0. The van der Waals surface area contributed by atoms with Gasteiger partial charge in [-0.15, -0.1) is 0 Å². The molecule has 0 aromatic rings. The molecule has 14 heavy (non-hydrogen) atoms. The van der Waals surface area contributed by atoms with Crippen molar-refractivity contribution in [3.05, 3.63) is 0 Å². The molecule has 0 rings (SSSR count). The van der Waals surface area contributed by atoms with Gasteiger partial charge in [0.25, 0.3) is 0 Å². The van der Waals surface area contributed by atoms with Crippen molar-refractivity contribution in [1.29, 1.82) is 0 Å². The number of hydrogen-bond acceptors (Lipinski definition) is 3. The maximum Gasteiger partial charge on any atom is 0.303 e. The van der Waals surface area contributed by atoms with Gasteiger partial charge in [0.15, 0.2) is 0 Å². The van der Waals surface area contributed by atoms with Crippen molar-refractivity contribution in [2.45, 2.75) is 19.8 Å². The van der Waals surface area contributed by atoms with Crippen LogP contribution in [0, 0.1) is 5.92 Å². The number of amides is 1. The second-order valence-electron chi connectivity index (χ2n) is 3.36. The van der Waals surface area contributed by atoms with E-state index < -0.39 is 5.97 Å². The van der Waals surface area contributed by atoms with Gasteiger partial charge in [0.2, 0.25) is 5.91 Å². The molecular formula is C9H18N2O3. The Hall–Kier alpha value is -1.10. The molecule has 0 saturated carbocycles. The Morgan fingerprint density at radius 3 is 2.57 bits per heavy atom. The largest absolute Gasteiger partial charge is 0.481 e. The molecule has 82 valence electrons. The van der Waals surface area contributed by atoms with Crippen molar-refractivity contribution in [3.8, 4) is 0 Å². The molecule has 5 nitrogen and oxygen atoms in total. The van der Waals surface area contributed by atoms with E-state index in [0.717, 1.165) is 0 Å². The molecule has 1 atom stereocenters.